The van der Waals surface area contributed by atoms with Crippen molar-refractivity contribution in [2.45, 2.75) is 45.4 Å². The van der Waals surface area contributed by atoms with Gasteiger partial charge in [0.05, 0.1) is 0 Å². The number of fused-ring (bicyclic) bond motifs is 16. The van der Waals surface area contributed by atoms with Gasteiger partial charge < -0.3 is 28.7 Å². The Balaban J connectivity index is 0.898. The largest absolute Gasteiger partial charge is 0.458 e. The van der Waals surface area contributed by atoms with Crippen LogP contribution in [-0.2, 0) is 10.8 Å². The van der Waals surface area contributed by atoms with Crippen molar-refractivity contribution >= 4 is 80.3 Å². The van der Waals surface area contributed by atoms with Gasteiger partial charge in [0, 0.05) is 51.0 Å². The van der Waals surface area contributed by atoms with Gasteiger partial charge in [-0.25, -0.2) is 0 Å². The maximum Gasteiger partial charge on any atom is 0.256 e. The zero-order chi connectivity index (χ0) is 54.0. The predicted octanol–water partition coefficient (Wildman–Crippen LogP) is 15.0. The second kappa shape index (κ2) is 16.7. The van der Waals surface area contributed by atoms with Gasteiger partial charge in [0.15, 0.2) is 0 Å². The van der Waals surface area contributed by atoms with Crippen LogP contribution in [0.1, 0.15) is 55.5 Å². The summed E-state index contributed by atoms with van der Waals surface area (Å²) in [5, 5.41) is 0. The number of para-hydroxylation sites is 6. The van der Waals surface area contributed by atoms with Crippen LogP contribution in [0.4, 0.5) is 34.1 Å². The molecule has 0 amide bonds. The van der Waals surface area contributed by atoms with E-state index >= 15 is 0 Å². The van der Waals surface area contributed by atoms with E-state index in [9.17, 15) is 0 Å². The van der Waals surface area contributed by atoms with Crippen molar-refractivity contribution in [2.75, 3.05) is 9.80 Å². The fraction of sp³-hybridized carbons (Fsp3) is 0.0959. The van der Waals surface area contributed by atoms with E-state index < -0.39 is 10.8 Å². The minimum Gasteiger partial charge on any atom is -0.458 e. The molecule has 0 saturated heterocycles. The molecular weight excluding hydrogens is 990 g/mol. The van der Waals surface area contributed by atoms with Crippen molar-refractivity contribution in [3.05, 3.63) is 252 Å². The van der Waals surface area contributed by atoms with E-state index in [1.807, 2.05) is 60.7 Å². The van der Waals surface area contributed by atoms with Crippen molar-refractivity contribution in [2.24, 2.45) is 0 Å². The van der Waals surface area contributed by atoms with Gasteiger partial charge in [-0.2, -0.15) is 0 Å². The molecule has 4 heterocycles. The zero-order valence-corrected chi connectivity index (χ0v) is 45.5. The number of hydrogen-bond donors (Lipinski definition) is 0. The second-order valence-electron chi connectivity index (χ2n) is 23.5. The van der Waals surface area contributed by atoms with Crippen molar-refractivity contribution in [1.82, 2.24) is 0 Å². The van der Waals surface area contributed by atoms with Crippen molar-refractivity contribution in [3.63, 3.8) is 0 Å². The first kappa shape index (κ1) is 46.3. The second-order valence-corrected chi connectivity index (χ2v) is 23.5. The fourth-order valence-corrected chi connectivity index (χ4v) is 15.0. The maximum absolute atomic E-state index is 7.57. The molecule has 0 fully saturated rings. The van der Waals surface area contributed by atoms with Crippen LogP contribution in [0.5, 0.6) is 46.0 Å². The summed E-state index contributed by atoms with van der Waals surface area (Å²) in [4.78, 5) is 5.03. The molecular formula is C73H52B2N2O4. The Morgan fingerprint density at radius 3 is 1.15 bits per heavy atom. The Kier molecular flexibility index (Phi) is 9.54. The van der Waals surface area contributed by atoms with Gasteiger partial charge in [-0.1, -0.05) is 155 Å². The van der Waals surface area contributed by atoms with Crippen LogP contribution in [0.15, 0.2) is 224 Å². The van der Waals surface area contributed by atoms with Gasteiger partial charge in [-0.3, -0.25) is 0 Å². The zero-order valence-electron chi connectivity index (χ0n) is 45.5. The highest BCUT2D eigenvalue weighted by Crippen LogP contribution is 2.60. The minimum absolute atomic E-state index is 0.164. The Bertz CT molecular complexity index is 4220. The molecule has 0 unspecified atom stereocenters. The summed E-state index contributed by atoms with van der Waals surface area (Å²) in [6, 6.07) is 80.1. The van der Waals surface area contributed by atoms with Crippen LogP contribution in [-0.4, -0.2) is 13.4 Å². The minimum atomic E-state index is -0.422. The van der Waals surface area contributed by atoms with Gasteiger partial charge >= 0.3 is 0 Å². The van der Waals surface area contributed by atoms with Crippen LogP contribution < -0.4 is 61.5 Å². The van der Waals surface area contributed by atoms with Crippen molar-refractivity contribution < 1.29 is 18.9 Å². The topological polar surface area (TPSA) is 43.4 Å². The smallest absolute Gasteiger partial charge is 0.256 e. The van der Waals surface area contributed by atoms with Gasteiger partial charge in [0.2, 0.25) is 0 Å². The number of benzene rings is 11. The van der Waals surface area contributed by atoms with Crippen molar-refractivity contribution in [3.8, 4) is 68.2 Å². The van der Waals surface area contributed by atoms with E-state index in [4.69, 9.17) is 18.9 Å². The fourth-order valence-electron chi connectivity index (χ4n) is 15.0. The summed E-state index contributed by atoms with van der Waals surface area (Å²) >= 11 is 0. The van der Waals surface area contributed by atoms with Crippen LogP contribution in [0.3, 0.4) is 0 Å². The lowest BCUT2D eigenvalue weighted by molar-refractivity contribution is 0.465. The van der Waals surface area contributed by atoms with E-state index in [2.05, 4.69) is 208 Å². The number of rotatable bonds is 6. The quantitative estimate of drug-likeness (QED) is 0.155. The third-order valence-electron chi connectivity index (χ3n) is 18.4. The van der Waals surface area contributed by atoms with Crippen LogP contribution in [0.2, 0.25) is 0 Å². The summed E-state index contributed by atoms with van der Waals surface area (Å²) in [7, 11) is 0. The van der Waals surface area contributed by atoms with E-state index in [1.54, 1.807) is 0 Å². The van der Waals surface area contributed by atoms with Crippen molar-refractivity contribution in [1.29, 1.82) is 0 Å². The average molecular weight is 1040 g/mol. The van der Waals surface area contributed by atoms with Gasteiger partial charge in [-0.15, -0.1) is 0 Å². The first-order valence-electron chi connectivity index (χ1n) is 28.2. The molecule has 8 heteroatoms. The number of ether oxygens (including phenoxy) is 4. The first-order valence-corrected chi connectivity index (χ1v) is 28.2. The third kappa shape index (κ3) is 6.41. The molecule has 81 heavy (non-hydrogen) atoms. The molecule has 0 atom stereocenters. The van der Waals surface area contributed by atoms with Gasteiger partial charge in [0.1, 0.15) is 46.0 Å². The molecule has 11 aromatic rings. The molecule has 11 aromatic carbocycles. The lowest BCUT2D eigenvalue weighted by atomic mass is 9.29. The van der Waals surface area contributed by atoms with Gasteiger partial charge in [-0.05, 0) is 181 Å². The third-order valence-corrected chi connectivity index (χ3v) is 18.4. The standard InChI is InChI=1S/C73H52B2N2O4/c1-43-66-62(80-60-40-52-50-36-34-48(78-46-26-14-8-15-27-46)38-54(50)72(2,3)64(52)70-68(60)74(66)56-30-18-20-32-58(56)76(70)44-22-10-6-11-23-44)42-63-67(43)75-57-31-19-21-33-59(57)77(45-24-12-7-13-25-45)71-65-53(41-61(81-63)69(71)75)51-37-35-49(39-55(51)73(65,4)5)79-47-28-16-9-17-29-47/h6-42H,1-5H3. The van der Waals surface area contributed by atoms with Crippen LogP contribution in [0, 0.1) is 6.92 Å². The average Bonchev–Trinajstić information content (AvgIpc) is 2.13. The molecule has 17 rings (SSSR count). The SMILES string of the molecule is Cc1c2c(cc3c1B1c4ccccc4N(c4ccccc4)c4c1c(cc1c4C(C)(C)c4cc(Oc5ccccc5)ccc4-1)O3)Oc1cc3c(c4c1B2c1ccccc1N4c1ccccc1)C(C)(C)c1cc(Oc2ccccc2)ccc1-3. The number of anilines is 6. The highest BCUT2D eigenvalue weighted by atomic mass is 16.5. The van der Waals surface area contributed by atoms with Gasteiger partial charge in [0.25, 0.3) is 13.4 Å². The summed E-state index contributed by atoms with van der Waals surface area (Å²) in [5.41, 5.74) is 24.1. The first-order chi connectivity index (χ1) is 39.6. The summed E-state index contributed by atoms with van der Waals surface area (Å²) in [5.74, 6) is 6.60. The molecule has 6 nitrogen and oxygen atoms in total. The summed E-state index contributed by atoms with van der Waals surface area (Å²) in [6.45, 7) is 11.5. The maximum atomic E-state index is 7.57. The number of nitrogens with zero attached hydrogens (tertiary/aromatic N) is 2. The van der Waals surface area contributed by atoms with E-state index in [0.29, 0.717) is 0 Å². The molecule has 384 valence electrons. The molecule has 0 aromatic heterocycles. The summed E-state index contributed by atoms with van der Waals surface area (Å²) < 4.78 is 28.2. The molecule has 6 aliphatic rings. The van der Waals surface area contributed by atoms with Crippen LogP contribution >= 0.6 is 0 Å². The molecule has 0 radical (unpaired) electrons. The molecule has 0 spiro atoms. The molecule has 0 bridgehead atoms. The molecule has 0 saturated carbocycles. The molecule has 4 aliphatic heterocycles. The highest BCUT2D eigenvalue weighted by Gasteiger charge is 2.53. The Morgan fingerprint density at radius 1 is 0.358 bits per heavy atom. The normalized spacial score (nSPS) is 15.0. The number of hydrogen-bond acceptors (Lipinski definition) is 6. The van der Waals surface area contributed by atoms with E-state index in [1.165, 1.54) is 94.2 Å². The monoisotopic (exact) mass is 1040 g/mol. The highest BCUT2D eigenvalue weighted by molar-refractivity contribution is 7.02. The van der Waals surface area contributed by atoms with Crippen LogP contribution in [0.25, 0.3) is 22.3 Å². The molecule has 0 N–H and O–H groups in total. The predicted molar refractivity (Wildman–Crippen MR) is 331 cm³/mol. The Hall–Kier alpha value is -9.65. The van der Waals surface area contributed by atoms with E-state index in [-0.39, 0.29) is 13.4 Å². The van der Waals surface area contributed by atoms with E-state index in [0.717, 1.165) is 68.7 Å². The lowest BCUT2D eigenvalue weighted by Gasteiger charge is -2.45. The Labute approximate surface area is 472 Å². The summed E-state index contributed by atoms with van der Waals surface area (Å²) in [6.07, 6.45) is 0. The lowest BCUT2D eigenvalue weighted by Crippen LogP contribution is -2.65. The molecule has 2 aliphatic carbocycles. The Morgan fingerprint density at radius 2 is 0.728 bits per heavy atom.